The molecule has 0 saturated carbocycles. The van der Waals surface area contributed by atoms with Crippen LogP contribution >= 0.6 is 11.6 Å². The molecule has 0 aromatic heterocycles. The van der Waals surface area contributed by atoms with Crippen LogP contribution < -0.4 is 14.2 Å². The smallest absolute Gasteiger partial charge is 0.231 e. The number of hydrogen-bond acceptors (Lipinski definition) is 5. The van der Waals surface area contributed by atoms with Crippen LogP contribution in [0.1, 0.15) is 35.4 Å². The van der Waals surface area contributed by atoms with Crippen molar-refractivity contribution in [3.63, 3.8) is 0 Å². The molecule has 0 spiro atoms. The molecule has 3 aliphatic rings. The zero-order valence-corrected chi connectivity index (χ0v) is 16.2. The van der Waals surface area contributed by atoms with Gasteiger partial charge in [0.2, 0.25) is 13.0 Å². The van der Waals surface area contributed by atoms with Crippen molar-refractivity contribution in [1.29, 1.82) is 0 Å². The van der Waals surface area contributed by atoms with Gasteiger partial charge in [-0.15, -0.1) is 0 Å². The molecule has 0 bridgehead atoms. The summed E-state index contributed by atoms with van der Waals surface area (Å²) < 4.78 is 17.3. The first-order valence-electron chi connectivity index (χ1n) is 9.53. The lowest BCUT2D eigenvalue weighted by atomic mass is 9.95. The summed E-state index contributed by atoms with van der Waals surface area (Å²) in [6, 6.07) is 22.0. The Labute approximate surface area is 173 Å². The average molecular weight is 405 g/mol. The van der Waals surface area contributed by atoms with Gasteiger partial charge in [0, 0.05) is 28.1 Å². The summed E-state index contributed by atoms with van der Waals surface area (Å²) in [5, 5.41) is 7.72. The van der Waals surface area contributed by atoms with Crippen molar-refractivity contribution in [3.8, 4) is 17.2 Å². The Bertz CT molecular complexity index is 1130. The zero-order valence-electron chi connectivity index (χ0n) is 15.4. The largest absolute Gasteiger partial charge is 0.464 e. The fraction of sp³-hybridized carbons (Fsp3) is 0.174. The topological polar surface area (TPSA) is 43.3 Å². The van der Waals surface area contributed by atoms with E-state index in [9.17, 15) is 0 Å². The highest BCUT2D eigenvalue weighted by atomic mass is 35.5. The van der Waals surface area contributed by atoms with Crippen molar-refractivity contribution in [1.82, 2.24) is 5.01 Å². The third-order valence-corrected chi connectivity index (χ3v) is 5.78. The Morgan fingerprint density at radius 3 is 2.62 bits per heavy atom. The molecule has 0 unspecified atom stereocenters. The third kappa shape index (κ3) is 2.73. The second kappa shape index (κ2) is 6.42. The summed E-state index contributed by atoms with van der Waals surface area (Å²) in [6.07, 6.45) is 0.473. The number of rotatable bonds is 2. The van der Waals surface area contributed by atoms with Crippen molar-refractivity contribution < 1.29 is 14.2 Å². The van der Waals surface area contributed by atoms with E-state index < -0.39 is 0 Å². The van der Waals surface area contributed by atoms with Gasteiger partial charge >= 0.3 is 0 Å². The highest BCUT2D eigenvalue weighted by Gasteiger charge is 2.41. The molecule has 0 N–H and O–H groups in total. The van der Waals surface area contributed by atoms with Gasteiger partial charge in [-0.2, -0.15) is 5.10 Å². The Balaban J connectivity index is 1.44. The van der Waals surface area contributed by atoms with Gasteiger partial charge in [-0.25, -0.2) is 5.01 Å². The maximum atomic E-state index is 6.36. The van der Waals surface area contributed by atoms with Crippen molar-refractivity contribution in [2.75, 3.05) is 6.79 Å². The molecule has 3 heterocycles. The predicted molar refractivity (Wildman–Crippen MR) is 110 cm³/mol. The molecule has 0 aliphatic carbocycles. The van der Waals surface area contributed by atoms with E-state index in [0.717, 1.165) is 46.1 Å². The molecule has 3 aromatic carbocycles. The van der Waals surface area contributed by atoms with Gasteiger partial charge in [-0.1, -0.05) is 41.9 Å². The molecule has 0 amide bonds. The van der Waals surface area contributed by atoms with Gasteiger partial charge in [0.15, 0.2) is 11.5 Å². The fourth-order valence-electron chi connectivity index (χ4n) is 4.15. The van der Waals surface area contributed by atoms with E-state index in [-0.39, 0.29) is 19.1 Å². The van der Waals surface area contributed by atoms with E-state index >= 15 is 0 Å². The van der Waals surface area contributed by atoms with E-state index in [4.69, 9.17) is 30.9 Å². The van der Waals surface area contributed by atoms with Gasteiger partial charge in [-0.3, -0.25) is 0 Å². The summed E-state index contributed by atoms with van der Waals surface area (Å²) in [5.74, 6) is 2.38. The fourth-order valence-corrected chi connectivity index (χ4v) is 4.33. The second-order valence-corrected chi connectivity index (χ2v) is 7.71. The van der Waals surface area contributed by atoms with Crippen molar-refractivity contribution >= 4 is 17.3 Å². The summed E-state index contributed by atoms with van der Waals surface area (Å²) in [5.41, 5.74) is 4.14. The van der Waals surface area contributed by atoms with Crippen LogP contribution in [0.2, 0.25) is 5.02 Å². The summed E-state index contributed by atoms with van der Waals surface area (Å²) in [4.78, 5) is 0. The minimum absolute atomic E-state index is 0.0584. The maximum absolute atomic E-state index is 6.36. The summed E-state index contributed by atoms with van der Waals surface area (Å²) in [6.45, 7) is 0.260. The normalized spacial score (nSPS) is 21.3. The van der Waals surface area contributed by atoms with Crippen LogP contribution in [-0.2, 0) is 0 Å². The van der Waals surface area contributed by atoms with Gasteiger partial charge in [0.05, 0.1) is 11.8 Å². The third-order valence-electron chi connectivity index (χ3n) is 5.54. The molecule has 5 nitrogen and oxygen atoms in total. The zero-order chi connectivity index (χ0) is 19.4. The predicted octanol–water partition coefficient (Wildman–Crippen LogP) is 5.31. The van der Waals surface area contributed by atoms with Gasteiger partial charge in [0.1, 0.15) is 5.75 Å². The number of halogens is 1. The number of ether oxygens (including phenoxy) is 3. The van der Waals surface area contributed by atoms with Crippen molar-refractivity contribution in [2.24, 2.45) is 5.10 Å². The molecule has 0 fully saturated rings. The molecule has 6 heteroatoms. The van der Waals surface area contributed by atoms with Crippen LogP contribution in [0.3, 0.4) is 0 Å². The average Bonchev–Trinajstić information content (AvgIpc) is 3.40. The molecular formula is C23H17ClN2O3. The van der Waals surface area contributed by atoms with E-state index in [2.05, 4.69) is 12.1 Å². The molecule has 0 saturated heterocycles. The second-order valence-electron chi connectivity index (χ2n) is 7.28. The van der Waals surface area contributed by atoms with E-state index in [1.165, 1.54) is 0 Å². The van der Waals surface area contributed by atoms with Crippen molar-refractivity contribution in [2.45, 2.75) is 18.7 Å². The lowest BCUT2D eigenvalue weighted by molar-refractivity contribution is -0.0190. The molecule has 6 rings (SSSR count). The highest BCUT2D eigenvalue weighted by Crippen LogP contribution is 2.48. The molecule has 3 aromatic rings. The quantitative estimate of drug-likeness (QED) is 0.580. The van der Waals surface area contributed by atoms with E-state index in [1.54, 1.807) is 0 Å². The molecule has 0 radical (unpaired) electrons. The Morgan fingerprint density at radius 1 is 0.897 bits per heavy atom. The Hall–Kier alpha value is -3.18. The van der Waals surface area contributed by atoms with Crippen LogP contribution in [0, 0.1) is 0 Å². The highest BCUT2D eigenvalue weighted by molar-refractivity contribution is 6.30. The first-order valence-corrected chi connectivity index (χ1v) is 9.91. The first kappa shape index (κ1) is 16.7. The van der Waals surface area contributed by atoms with Crippen molar-refractivity contribution in [3.05, 3.63) is 88.4 Å². The molecule has 29 heavy (non-hydrogen) atoms. The summed E-state index contributed by atoms with van der Waals surface area (Å²) >= 11 is 6.30. The van der Waals surface area contributed by atoms with E-state index in [0.29, 0.717) is 5.02 Å². The van der Waals surface area contributed by atoms with Crippen LogP contribution in [0.15, 0.2) is 71.8 Å². The van der Waals surface area contributed by atoms with Gasteiger partial charge in [0.25, 0.3) is 0 Å². The van der Waals surface area contributed by atoms with Gasteiger partial charge < -0.3 is 14.2 Å². The first-order chi connectivity index (χ1) is 14.3. The van der Waals surface area contributed by atoms with Crippen LogP contribution in [0.5, 0.6) is 17.2 Å². The standard InChI is InChI=1S/C23H17ClN2O3/c24-16-7-9-20-17(11-16)19-12-18(15-6-8-21-22(10-15)28-13-27-21)25-26(19)23(29-20)14-4-2-1-3-5-14/h1-11,19,23H,12-13H2/t19-,23+/m0/s1. The maximum Gasteiger partial charge on any atom is 0.231 e. The number of benzene rings is 3. The number of hydrazone groups is 1. The number of fused-ring (bicyclic) bond motifs is 4. The molecular weight excluding hydrogens is 388 g/mol. The van der Waals surface area contributed by atoms with Crippen LogP contribution in [-0.4, -0.2) is 17.5 Å². The molecule has 3 aliphatic heterocycles. The van der Waals surface area contributed by atoms with E-state index in [1.807, 2.05) is 59.6 Å². The lowest BCUT2D eigenvalue weighted by Gasteiger charge is -2.38. The Morgan fingerprint density at radius 2 is 1.72 bits per heavy atom. The monoisotopic (exact) mass is 404 g/mol. The lowest BCUT2D eigenvalue weighted by Crippen LogP contribution is -2.33. The summed E-state index contributed by atoms with van der Waals surface area (Å²) in [7, 11) is 0. The SMILES string of the molecule is Clc1ccc2c(c1)[C@@H]1CC(c3ccc4c(c3)OCO4)=NN1[C@@H](c1ccccc1)O2. The van der Waals surface area contributed by atoms with Crippen LogP contribution in [0.4, 0.5) is 0 Å². The minimum Gasteiger partial charge on any atom is -0.464 e. The molecule has 2 atom stereocenters. The minimum atomic E-state index is -0.290. The molecule has 144 valence electrons. The van der Waals surface area contributed by atoms with Gasteiger partial charge in [-0.05, 0) is 36.4 Å². The Kier molecular flexibility index (Phi) is 3.71. The number of hydrogen-bond donors (Lipinski definition) is 0. The van der Waals surface area contributed by atoms with Crippen LogP contribution in [0.25, 0.3) is 0 Å². The number of nitrogens with zero attached hydrogens (tertiary/aromatic N) is 2.